The molecule has 5 nitrogen and oxygen atoms in total. The summed E-state index contributed by atoms with van der Waals surface area (Å²) in [6.45, 7) is 3.94. The average molecular weight is 473 g/mol. The fraction of sp³-hybridized carbons (Fsp3) is 0.310. The molecule has 1 atom stereocenters. The van der Waals surface area contributed by atoms with Gasteiger partial charge in [-0.3, -0.25) is 4.90 Å². The Balaban J connectivity index is 1.31. The summed E-state index contributed by atoms with van der Waals surface area (Å²) in [6, 6.07) is 16.0. The Kier molecular flexibility index (Phi) is 5.41. The van der Waals surface area contributed by atoms with E-state index in [4.69, 9.17) is 14.2 Å². The van der Waals surface area contributed by atoms with E-state index in [1.165, 1.54) is 33.8 Å². The van der Waals surface area contributed by atoms with E-state index in [-0.39, 0.29) is 11.9 Å². The van der Waals surface area contributed by atoms with Crippen molar-refractivity contribution in [2.75, 3.05) is 20.8 Å². The second-order valence-electron chi connectivity index (χ2n) is 9.51. The SMILES string of the molecule is COc1ccc2[nH]c3c(c2c1)CC1c2cc(OC)c(OCc4ccc(C)c(F)c4)cc2CCN1C3. The maximum atomic E-state index is 14.0. The Hall–Kier alpha value is -3.51. The summed E-state index contributed by atoms with van der Waals surface area (Å²) in [5, 5.41) is 1.24. The number of hydrogen-bond donors (Lipinski definition) is 1. The molecule has 0 saturated carbocycles. The van der Waals surface area contributed by atoms with E-state index in [2.05, 4.69) is 34.1 Å². The summed E-state index contributed by atoms with van der Waals surface area (Å²) in [7, 11) is 3.38. The van der Waals surface area contributed by atoms with Gasteiger partial charge in [-0.15, -0.1) is 0 Å². The second-order valence-corrected chi connectivity index (χ2v) is 9.51. The molecule has 0 amide bonds. The van der Waals surface area contributed by atoms with E-state index in [1.54, 1.807) is 27.2 Å². The Morgan fingerprint density at radius 3 is 2.71 bits per heavy atom. The van der Waals surface area contributed by atoms with Crippen LogP contribution in [0, 0.1) is 12.7 Å². The number of ether oxygens (including phenoxy) is 3. The van der Waals surface area contributed by atoms with Crippen LogP contribution < -0.4 is 14.2 Å². The first-order valence-electron chi connectivity index (χ1n) is 12.0. The lowest BCUT2D eigenvalue weighted by Gasteiger charge is -2.40. The Labute approximate surface area is 204 Å². The zero-order valence-corrected chi connectivity index (χ0v) is 20.3. The smallest absolute Gasteiger partial charge is 0.161 e. The fourth-order valence-electron chi connectivity index (χ4n) is 5.52. The highest BCUT2D eigenvalue weighted by molar-refractivity contribution is 5.86. The molecule has 2 aliphatic heterocycles. The predicted molar refractivity (Wildman–Crippen MR) is 134 cm³/mol. The number of halogens is 1. The molecule has 35 heavy (non-hydrogen) atoms. The predicted octanol–water partition coefficient (Wildman–Crippen LogP) is 5.87. The van der Waals surface area contributed by atoms with Gasteiger partial charge < -0.3 is 19.2 Å². The van der Waals surface area contributed by atoms with Crippen molar-refractivity contribution < 1.29 is 18.6 Å². The first-order chi connectivity index (χ1) is 17.0. The van der Waals surface area contributed by atoms with Crippen molar-refractivity contribution >= 4 is 10.9 Å². The molecule has 3 heterocycles. The van der Waals surface area contributed by atoms with Gasteiger partial charge in [-0.05, 0) is 84.0 Å². The quantitative estimate of drug-likeness (QED) is 0.395. The van der Waals surface area contributed by atoms with Crippen LogP contribution in [0.15, 0.2) is 48.5 Å². The third-order valence-corrected chi connectivity index (χ3v) is 7.48. The van der Waals surface area contributed by atoms with Gasteiger partial charge in [0.05, 0.1) is 14.2 Å². The summed E-state index contributed by atoms with van der Waals surface area (Å²) in [6.07, 6.45) is 1.89. The van der Waals surface area contributed by atoms with Crippen LogP contribution in [0.1, 0.15) is 39.6 Å². The minimum atomic E-state index is -0.213. The van der Waals surface area contributed by atoms with E-state index in [1.807, 2.05) is 12.1 Å². The normalized spacial score (nSPS) is 17.0. The van der Waals surface area contributed by atoms with Gasteiger partial charge in [-0.25, -0.2) is 4.39 Å². The Morgan fingerprint density at radius 2 is 1.91 bits per heavy atom. The van der Waals surface area contributed by atoms with Gasteiger partial charge in [0.15, 0.2) is 11.5 Å². The third-order valence-electron chi connectivity index (χ3n) is 7.48. The number of rotatable bonds is 5. The van der Waals surface area contributed by atoms with Gasteiger partial charge in [0.25, 0.3) is 0 Å². The zero-order valence-electron chi connectivity index (χ0n) is 20.3. The maximum Gasteiger partial charge on any atom is 0.161 e. The molecular weight excluding hydrogens is 443 g/mol. The topological polar surface area (TPSA) is 46.7 Å². The van der Waals surface area contributed by atoms with Crippen LogP contribution in [0.25, 0.3) is 10.9 Å². The number of benzene rings is 3. The average Bonchev–Trinajstić information content (AvgIpc) is 3.24. The van der Waals surface area contributed by atoms with Crippen molar-refractivity contribution in [2.24, 2.45) is 0 Å². The molecule has 6 rings (SSSR count). The van der Waals surface area contributed by atoms with Crippen LogP contribution in [-0.2, 0) is 26.0 Å². The van der Waals surface area contributed by atoms with E-state index >= 15 is 0 Å². The number of aryl methyl sites for hydroxylation is 1. The summed E-state index contributed by atoms with van der Waals surface area (Å²) < 4.78 is 31.3. The molecule has 180 valence electrons. The van der Waals surface area contributed by atoms with E-state index in [0.29, 0.717) is 23.7 Å². The van der Waals surface area contributed by atoms with Crippen molar-refractivity contribution in [3.8, 4) is 17.2 Å². The molecule has 0 aliphatic carbocycles. The zero-order chi connectivity index (χ0) is 24.1. The van der Waals surface area contributed by atoms with Crippen LogP contribution in [0.3, 0.4) is 0 Å². The summed E-state index contributed by atoms with van der Waals surface area (Å²) in [5.41, 5.74) is 7.84. The highest BCUT2D eigenvalue weighted by Crippen LogP contribution is 2.44. The summed E-state index contributed by atoms with van der Waals surface area (Å²) in [5.74, 6) is 2.08. The highest BCUT2D eigenvalue weighted by atomic mass is 19.1. The molecule has 0 radical (unpaired) electrons. The number of nitrogens with one attached hydrogen (secondary N) is 1. The number of fused-ring (bicyclic) bond motifs is 6. The number of hydrogen-bond acceptors (Lipinski definition) is 4. The maximum absolute atomic E-state index is 14.0. The van der Waals surface area contributed by atoms with E-state index in [0.717, 1.165) is 42.8 Å². The molecular formula is C29H29FN2O3. The van der Waals surface area contributed by atoms with Crippen molar-refractivity contribution in [2.45, 2.75) is 39.0 Å². The Morgan fingerprint density at radius 1 is 1.03 bits per heavy atom. The lowest BCUT2D eigenvalue weighted by Crippen LogP contribution is -2.39. The molecule has 0 bridgehead atoms. The van der Waals surface area contributed by atoms with Crippen LogP contribution in [0.2, 0.25) is 0 Å². The van der Waals surface area contributed by atoms with Gasteiger partial charge in [0.1, 0.15) is 18.2 Å². The van der Waals surface area contributed by atoms with Gasteiger partial charge >= 0.3 is 0 Å². The number of methoxy groups -OCH3 is 2. The lowest BCUT2D eigenvalue weighted by atomic mass is 9.85. The largest absolute Gasteiger partial charge is 0.497 e. The molecule has 1 unspecified atom stereocenters. The van der Waals surface area contributed by atoms with Crippen molar-refractivity contribution in [1.29, 1.82) is 0 Å². The van der Waals surface area contributed by atoms with Crippen LogP contribution in [-0.4, -0.2) is 30.6 Å². The molecule has 6 heteroatoms. The number of aromatic nitrogens is 1. The highest BCUT2D eigenvalue weighted by Gasteiger charge is 2.34. The monoisotopic (exact) mass is 472 g/mol. The van der Waals surface area contributed by atoms with Gasteiger partial charge in [0, 0.05) is 35.7 Å². The number of aromatic amines is 1. The lowest BCUT2D eigenvalue weighted by molar-refractivity contribution is 0.158. The first kappa shape index (κ1) is 22.0. The Bertz CT molecular complexity index is 1430. The molecule has 0 fully saturated rings. The van der Waals surface area contributed by atoms with Gasteiger partial charge in [-0.1, -0.05) is 12.1 Å². The minimum absolute atomic E-state index is 0.213. The van der Waals surface area contributed by atoms with Crippen molar-refractivity contribution in [3.63, 3.8) is 0 Å². The van der Waals surface area contributed by atoms with E-state index in [9.17, 15) is 4.39 Å². The standard InChI is InChI=1S/C29H29FN2O3/c1-17-4-5-18(10-24(17)30)16-35-29-11-19-8-9-32-15-26-23(13-27(32)21(19)14-28(29)34-3)22-12-20(33-2)6-7-25(22)31-26/h4-7,10-12,14,27,31H,8-9,13,15-16H2,1-3H3. The van der Waals surface area contributed by atoms with Crippen LogP contribution >= 0.6 is 0 Å². The third kappa shape index (κ3) is 3.82. The molecule has 2 aliphatic rings. The fourth-order valence-corrected chi connectivity index (χ4v) is 5.52. The molecule has 0 spiro atoms. The van der Waals surface area contributed by atoms with Crippen molar-refractivity contribution in [3.05, 3.63) is 87.9 Å². The minimum Gasteiger partial charge on any atom is -0.497 e. The van der Waals surface area contributed by atoms with Crippen LogP contribution in [0.5, 0.6) is 17.2 Å². The molecule has 3 aromatic carbocycles. The number of nitrogens with zero attached hydrogens (tertiary/aromatic N) is 1. The summed E-state index contributed by atoms with van der Waals surface area (Å²) in [4.78, 5) is 6.18. The van der Waals surface area contributed by atoms with Gasteiger partial charge in [-0.2, -0.15) is 0 Å². The van der Waals surface area contributed by atoms with Crippen molar-refractivity contribution in [1.82, 2.24) is 9.88 Å². The van der Waals surface area contributed by atoms with Gasteiger partial charge in [0.2, 0.25) is 0 Å². The molecule has 4 aromatic rings. The molecule has 1 aromatic heterocycles. The van der Waals surface area contributed by atoms with E-state index < -0.39 is 0 Å². The second kappa shape index (κ2) is 8.61. The number of H-pyrrole nitrogens is 1. The molecule has 0 saturated heterocycles. The molecule has 1 N–H and O–H groups in total. The van der Waals surface area contributed by atoms with Crippen LogP contribution in [0.4, 0.5) is 4.39 Å². The first-order valence-corrected chi connectivity index (χ1v) is 12.0. The summed E-state index contributed by atoms with van der Waals surface area (Å²) >= 11 is 0.